The van der Waals surface area contributed by atoms with E-state index in [2.05, 4.69) is 58.9 Å². The quantitative estimate of drug-likeness (QED) is 0.884. The zero-order valence-electron chi connectivity index (χ0n) is 12.6. The average Bonchev–Trinajstić information content (AvgIpc) is 2.92. The number of rotatable bonds is 5. The van der Waals surface area contributed by atoms with Gasteiger partial charge in [0.05, 0.1) is 6.54 Å². The Kier molecular flexibility index (Phi) is 4.20. The molecule has 0 spiro atoms. The summed E-state index contributed by atoms with van der Waals surface area (Å²) >= 11 is 0. The van der Waals surface area contributed by atoms with Crippen molar-refractivity contribution in [3.05, 3.63) is 41.3 Å². The highest BCUT2D eigenvalue weighted by molar-refractivity contribution is 5.33. The Balaban J connectivity index is 1.58. The SMILES string of the molecule is CC(C)NCc1nnc(NC2CCc3ccccc3C2)o1. The van der Waals surface area contributed by atoms with Gasteiger partial charge in [-0.1, -0.05) is 43.2 Å². The second-order valence-corrected chi connectivity index (χ2v) is 5.89. The van der Waals surface area contributed by atoms with Gasteiger partial charge < -0.3 is 15.1 Å². The maximum Gasteiger partial charge on any atom is 0.315 e. The molecule has 0 saturated heterocycles. The van der Waals surface area contributed by atoms with Gasteiger partial charge in [-0.15, -0.1) is 5.10 Å². The Labute approximate surface area is 125 Å². The number of aromatic nitrogens is 2. The molecule has 2 N–H and O–H groups in total. The molecule has 0 fully saturated rings. The number of nitrogens with one attached hydrogen (secondary N) is 2. The molecule has 0 amide bonds. The molecule has 1 unspecified atom stereocenters. The average molecular weight is 286 g/mol. The summed E-state index contributed by atoms with van der Waals surface area (Å²) in [5.41, 5.74) is 2.88. The van der Waals surface area contributed by atoms with Gasteiger partial charge in [0.25, 0.3) is 0 Å². The normalized spacial score (nSPS) is 17.8. The molecule has 3 rings (SSSR count). The smallest absolute Gasteiger partial charge is 0.315 e. The van der Waals surface area contributed by atoms with Crippen molar-refractivity contribution in [2.24, 2.45) is 0 Å². The minimum absolute atomic E-state index is 0.367. The molecule has 2 aromatic rings. The maximum atomic E-state index is 5.63. The number of hydrogen-bond donors (Lipinski definition) is 2. The topological polar surface area (TPSA) is 63.0 Å². The van der Waals surface area contributed by atoms with Crippen LogP contribution in [0.25, 0.3) is 0 Å². The lowest BCUT2D eigenvalue weighted by Gasteiger charge is -2.24. The molecule has 1 atom stereocenters. The molecule has 112 valence electrons. The third-order valence-electron chi connectivity index (χ3n) is 3.80. The molecule has 0 radical (unpaired) electrons. The van der Waals surface area contributed by atoms with Gasteiger partial charge in [0, 0.05) is 12.1 Å². The lowest BCUT2D eigenvalue weighted by Crippen LogP contribution is -2.27. The van der Waals surface area contributed by atoms with Crippen LogP contribution in [-0.2, 0) is 19.4 Å². The van der Waals surface area contributed by atoms with Gasteiger partial charge in [-0.3, -0.25) is 0 Å². The summed E-state index contributed by atoms with van der Waals surface area (Å²) in [4.78, 5) is 0. The molecule has 5 nitrogen and oxygen atoms in total. The van der Waals surface area contributed by atoms with Crippen molar-refractivity contribution in [1.82, 2.24) is 15.5 Å². The van der Waals surface area contributed by atoms with Gasteiger partial charge in [0.2, 0.25) is 5.89 Å². The van der Waals surface area contributed by atoms with E-state index in [1.54, 1.807) is 0 Å². The zero-order chi connectivity index (χ0) is 14.7. The van der Waals surface area contributed by atoms with Crippen molar-refractivity contribution >= 4 is 6.01 Å². The van der Waals surface area contributed by atoms with Crippen LogP contribution >= 0.6 is 0 Å². The first-order valence-electron chi connectivity index (χ1n) is 7.60. The predicted octanol–water partition coefficient (Wildman–Crippen LogP) is 2.54. The molecular formula is C16H22N4O. The van der Waals surface area contributed by atoms with Crippen LogP contribution in [0.1, 0.15) is 37.3 Å². The van der Waals surface area contributed by atoms with Crippen LogP contribution in [0.15, 0.2) is 28.7 Å². The molecule has 5 heteroatoms. The van der Waals surface area contributed by atoms with Crippen LogP contribution < -0.4 is 10.6 Å². The molecular weight excluding hydrogens is 264 g/mol. The van der Waals surface area contributed by atoms with Crippen LogP contribution in [-0.4, -0.2) is 22.3 Å². The highest BCUT2D eigenvalue weighted by atomic mass is 16.4. The van der Waals surface area contributed by atoms with Gasteiger partial charge in [-0.2, -0.15) is 0 Å². The van der Waals surface area contributed by atoms with Crippen molar-refractivity contribution in [1.29, 1.82) is 0 Å². The summed E-state index contributed by atoms with van der Waals surface area (Å²) in [5, 5.41) is 14.8. The summed E-state index contributed by atoms with van der Waals surface area (Å²) in [6.07, 6.45) is 3.21. The van der Waals surface area contributed by atoms with Gasteiger partial charge in [0.15, 0.2) is 0 Å². The first-order valence-corrected chi connectivity index (χ1v) is 7.60. The van der Waals surface area contributed by atoms with E-state index in [1.165, 1.54) is 11.1 Å². The number of benzene rings is 1. The first-order chi connectivity index (χ1) is 10.2. The fourth-order valence-electron chi connectivity index (χ4n) is 2.67. The standard InChI is InChI=1S/C16H22N4O/c1-11(2)17-10-15-19-20-16(21-15)18-14-8-7-12-5-3-4-6-13(12)9-14/h3-6,11,14,17H,7-10H2,1-2H3,(H,18,20). The van der Waals surface area contributed by atoms with Crippen LogP contribution in [0.3, 0.4) is 0 Å². The molecule has 0 aliphatic heterocycles. The number of aryl methyl sites for hydroxylation is 1. The molecule has 1 aliphatic carbocycles. The lowest BCUT2D eigenvalue weighted by atomic mass is 9.88. The van der Waals surface area contributed by atoms with Crippen LogP contribution in [0.5, 0.6) is 0 Å². The van der Waals surface area contributed by atoms with Gasteiger partial charge in [-0.05, 0) is 30.4 Å². The molecule has 1 heterocycles. The first kappa shape index (κ1) is 14.1. The van der Waals surface area contributed by atoms with Crippen LogP contribution in [0.2, 0.25) is 0 Å². The molecule has 21 heavy (non-hydrogen) atoms. The minimum Gasteiger partial charge on any atom is -0.407 e. The van der Waals surface area contributed by atoms with E-state index in [-0.39, 0.29) is 0 Å². The summed E-state index contributed by atoms with van der Waals surface area (Å²) < 4.78 is 5.63. The fourth-order valence-corrected chi connectivity index (χ4v) is 2.67. The van der Waals surface area contributed by atoms with Gasteiger partial charge >= 0.3 is 6.01 Å². The maximum absolute atomic E-state index is 5.63. The fraction of sp³-hybridized carbons (Fsp3) is 0.500. The summed E-state index contributed by atoms with van der Waals surface area (Å²) in [6, 6.07) is 9.93. The minimum atomic E-state index is 0.367. The largest absolute Gasteiger partial charge is 0.407 e. The number of nitrogens with zero attached hydrogens (tertiary/aromatic N) is 2. The number of anilines is 1. The van der Waals surface area contributed by atoms with Crippen molar-refractivity contribution in [2.75, 3.05) is 5.32 Å². The Bertz CT molecular complexity index is 593. The van der Waals surface area contributed by atoms with E-state index in [9.17, 15) is 0 Å². The molecule has 0 bridgehead atoms. The second-order valence-electron chi connectivity index (χ2n) is 5.89. The Morgan fingerprint density at radius 1 is 1.24 bits per heavy atom. The van der Waals surface area contributed by atoms with E-state index in [0.29, 0.717) is 30.5 Å². The number of hydrogen-bond acceptors (Lipinski definition) is 5. The van der Waals surface area contributed by atoms with Crippen molar-refractivity contribution in [3.8, 4) is 0 Å². The molecule has 1 aromatic heterocycles. The predicted molar refractivity (Wildman–Crippen MR) is 82.2 cm³/mol. The molecule has 1 aliphatic rings. The Morgan fingerprint density at radius 3 is 2.86 bits per heavy atom. The highest BCUT2D eigenvalue weighted by Gasteiger charge is 2.19. The van der Waals surface area contributed by atoms with E-state index in [1.807, 2.05) is 0 Å². The van der Waals surface area contributed by atoms with Crippen molar-refractivity contribution in [2.45, 2.75) is 51.7 Å². The van der Waals surface area contributed by atoms with Gasteiger partial charge in [0.1, 0.15) is 0 Å². The Hall–Kier alpha value is -1.88. The summed E-state index contributed by atoms with van der Waals surface area (Å²) in [6.45, 7) is 4.80. The summed E-state index contributed by atoms with van der Waals surface area (Å²) in [7, 11) is 0. The van der Waals surface area contributed by atoms with Gasteiger partial charge in [-0.25, -0.2) is 0 Å². The highest BCUT2D eigenvalue weighted by Crippen LogP contribution is 2.23. The zero-order valence-corrected chi connectivity index (χ0v) is 12.6. The number of fused-ring (bicyclic) bond motifs is 1. The van der Waals surface area contributed by atoms with E-state index in [4.69, 9.17) is 4.42 Å². The third kappa shape index (κ3) is 3.61. The van der Waals surface area contributed by atoms with Crippen molar-refractivity contribution in [3.63, 3.8) is 0 Å². The Morgan fingerprint density at radius 2 is 2.05 bits per heavy atom. The van der Waals surface area contributed by atoms with E-state index < -0.39 is 0 Å². The summed E-state index contributed by atoms with van der Waals surface area (Å²) in [5.74, 6) is 0.627. The third-order valence-corrected chi connectivity index (χ3v) is 3.80. The van der Waals surface area contributed by atoms with E-state index in [0.717, 1.165) is 19.3 Å². The molecule has 1 aromatic carbocycles. The monoisotopic (exact) mass is 286 g/mol. The molecule has 0 saturated carbocycles. The van der Waals surface area contributed by atoms with Crippen LogP contribution in [0, 0.1) is 0 Å². The van der Waals surface area contributed by atoms with E-state index >= 15 is 0 Å². The van der Waals surface area contributed by atoms with Crippen LogP contribution in [0.4, 0.5) is 6.01 Å². The lowest BCUT2D eigenvalue weighted by molar-refractivity contribution is 0.452. The second kappa shape index (κ2) is 6.26. The van der Waals surface area contributed by atoms with Crippen molar-refractivity contribution < 1.29 is 4.42 Å².